The number of sulfonamides is 1. The fourth-order valence-electron chi connectivity index (χ4n) is 1.59. The van der Waals surface area contributed by atoms with Crippen molar-refractivity contribution in [3.05, 3.63) is 22.7 Å². The fraction of sp³-hybridized carbons (Fsp3) is 0.500. The van der Waals surface area contributed by atoms with Gasteiger partial charge in [0, 0.05) is 24.7 Å². The van der Waals surface area contributed by atoms with E-state index in [4.69, 9.17) is 9.47 Å². The van der Waals surface area contributed by atoms with Gasteiger partial charge in [0.1, 0.15) is 10.6 Å². The Morgan fingerprint density at radius 3 is 2.53 bits per heavy atom. The van der Waals surface area contributed by atoms with Crippen LogP contribution in [0, 0.1) is 0 Å². The lowest BCUT2D eigenvalue weighted by atomic mass is 10.3. The Balaban J connectivity index is 3.23. The van der Waals surface area contributed by atoms with Crippen molar-refractivity contribution in [3.8, 4) is 5.75 Å². The van der Waals surface area contributed by atoms with Crippen LogP contribution in [0.4, 0.5) is 0 Å². The van der Waals surface area contributed by atoms with E-state index in [0.29, 0.717) is 16.8 Å². The molecule has 0 aliphatic heterocycles. The standard InChI is InChI=1S/C12H18BrNO4S/c1-9(8-17-3)14(2)19(15,16)12-7-10(13)5-6-11(12)18-4/h5-7,9H,8H2,1-4H3. The van der Waals surface area contributed by atoms with E-state index in [9.17, 15) is 8.42 Å². The van der Waals surface area contributed by atoms with Gasteiger partial charge in [-0.2, -0.15) is 4.31 Å². The number of rotatable bonds is 6. The number of hydrogen-bond donors (Lipinski definition) is 0. The number of halogens is 1. The van der Waals surface area contributed by atoms with Crippen LogP contribution >= 0.6 is 15.9 Å². The largest absolute Gasteiger partial charge is 0.495 e. The van der Waals surface area contributed by atoms with Crippen molar-refractivity contribution < 1.29 is 17.9 Å². The Morgan fingerprint density at radius 2 is 2.00 bits per heavy atom. The molecule has 0 heterocycles. The Morgan fingerprint density at radius 1 is 1.37 bits per heavy atom. The smallest absolute Gasteiger partial charge is 0.246 e. The van der Waals surface area contributed by atoms with E-state index in [-0.39, 0.29) is 10.9 Å². The number of nitrogens with zero attached hydrogens (tertiary/aromatic N) is 1. The van der Waals surface area contributed by atoms with E-state index in [1.807, 2.05) is 0 Å². The van der Waals surface area contributed by atoms with Gasteiger partial charge in [-0.15, -0.1) is 0 Å². The van der Waals surface area contributed by atoms with Gasteiger partial charge in [0.05, 0.1) is 13.7 Å². The van der Waals surface area contributed by atoms with Crippen molar-refractivity contribution in [2.45, 2.75) is 17.9 Å². The summed E-state index contributed by atoms with van der Waals surface area (Å²) in [7, 11) is 0.883. The van der Waals surface area contributed by atoms with E-state index in [0.717, 1.165) is 0 Å². The summed E-state index contributed by atoms with van der Waals surface area (Å²) in [6, 6.07) is 4.62. The van der Waals surface area contributed by atoms with Gasteiger partial charge in [-0.1, -0.05) is 15.9 Å². The molecule has 0 saturated carbocycles. The Labute approximate surface area is 122 Å². The topological polar surface area (TPSA) is 55.8 Å². The van der Waals surface area contributed by atoms with Crippen LogP contribution in [0.5, 0.6) is 5.75 Å². The summed E-state index contributed by atoms with van der Waals surface area (Å²) in [5.41, 5.74) is 0. The van der Waals surface area contributed by atoms with Gasteiger partial charge in [0.15, 0.2) is 0 Å². The summed E-state index contributed by atoms with van der Waals surface area (Å²) < 4.78 is 37.2. The van der Waals surface area contributed by atoms with Crippen LogP contribution in [0.1, 0.15) is 6.92 Å². The number of ether oxygens (including phenoxy) is 2. The molecule has 7 heteroatoms. The molecule has 0 fully saturated rings. The summed E-state index contributed by atoms with van der Waals surface area (Å²) in [5, 5.41) is 0. The number of benzene rings is 1. The number of methoxy groups -OCH3 is 2. The molecular weight excluding hydrogens is 334 g/mol. The molecule has 0 saturated heterocycles. The molecule has 1 atom stereocenters. The lowest BCUT2D eigenvalue weighted by Gasteiger charge is -2.24. The zero-order valence-corrected chi connectivity index (χ0v) is 13.8. The Bertz CT molecular complexity index is 533. The minimum Gasteiger partial charge on any atom is -0.495 e. The van der Waals surface area contributed by atoms with Crippen LogP contribution in [0.3, 0.4) is 0 Å². The summed E-state index contributed by atoms with van der Waals surface area (Å²) in [6.07, 6.45) is 0. The molecule has 1 rings (SSSR count). The molecule has 19 heavy (non-hydrogen) atoms. The van der Waals surface area contributed by atoms with Crippen molar-refractivity contribution in [2.24, 2.45) is 0 Å². The third-order valence-corrected chi connectivity index (χ3v) is 5.30. The molecule has 1 aromatic rings. The average molecular weight is 352 g/mol. The quantitative estimate of drug-likeness (QED) is 0.787. The fourth-order valence-corrected chi connectivity index (χ4v) is 3.63. The first-order chi connectivity index (χ1) is 8.84. The monoisotopic (exact) mass is 351 g/mol. The lowest BCUT2D eigenvalue weighted by Crippen LogP contribution is -2.37. The average Bonchev–Trinajstić information content (AvgIpc) is 2.38. The second kappa shape index (κ2) is 6.69. The second-order valence-corrected chi connectivity index (χ2v) is 7.00. The molecule has 0 aliphatic rings. The highest BCUT2D eigenvalue weighted by atomic mass is 79.9. The van der Waals surface area contributed by atoms with Gasteiger partial charge in [-0.05, 0) is 25.1 Å². The van der Waals surface area contributed by atoms with E-state index >= 15 is 0 Å². The molecule has 0 aliphatic carbocycles. The predicted octanol–water partition coefficient (Wildman–Crippen LogP) is 2.11. The first-order valence-corrected chi connectivity index (χ1v) is 7.88. The molecule has 1 unspecified atom stereocenters. The summed E-state index contributed by atoms with van der Waals surface area (Å²) in [5.74, 6) is 0.319. The zero-order valence-electron chi connectivity index (χ0n) is 11.4. The van der Waals surface area contributed by atoms with Crippen LogP contribution in [0.2, 0.25) is 0 Å². The number of hydrogen-bond acceptors (Lipinski definition) is 4. The van der Waals surface area contributed by atoms with E-state index in [1.54, 1.807) is 19.1 Å². The maximum Gasteiger partial charge on any atom is 0.246 e. The van der Waals surface area contributed by atoms with Gasteiger partial charge < -0.3 is 9.47 Å². The SMILES string of the molecule is COCC(C)N(C)S(=O)(=O)c1cc(Br)ccc1OC. The maximum atomic E-state index is 12.5. The first kappa shape index (κ1) is 16.4. The van der Waals surface area contributed by atoms with Gasteiger partial charge in [-0.3, -0.25) is 0 Å². The van der Waals surface area contributed by atoms with Gasteiger partial charge in [0.2, 0.25) is 10.0 Å². The molecular formula is C12H18BrNO4S. The summed E-state index contributed by atoms with van der Waals surface area (Å²) >= 11 is 3.27. The highest BCUT2D eigenvalue weighted by Gasteiger charge is 2.28. The first-order valence-electron chi connectivity index (χ1n) is 5.65. The maximum absolute atomic E-state index is 12.5. The summed E-state index contributed by atoms with van der Waals surface area (Å²) in [4.78, 5) is 0.134. The van der Waals surface area contributed by atoms with Crippen LogP contribution in [-0.2, 0) is 14.8 Å². The molecule has 5 nitrogen and oxygen atoms in total. The number of likely N-dealkylation sites (N-methyl/N-ethyl adjacent to an activating group) is 1. The van der Waals surface area contributed by atoms with Gasteiger partial charge in [-0.25, -0.2) is 8.42 Å². The van der Waals surface area contributed by atoms with Crippen molar-refractivity contribution in [2.75, 3.05) is 27.9 Å². The predicted molar refractivity (Wildman–Crippen MR) is 77.0 cm³/mol. The Kier molecular flexibility index (Phi) is 5.79. The molecule has 0 bridgehead atoms. The molecule has 1 aromatic carbocycles. The van der Waals surface area contributed by atoms with Crippen molar-refractivity contribution in [1.29, 1.82) is 0 Å². The molecule has 0 radical (unpaired) electrons. The van der Waals surface area contributed by atoms with E-state index in [2.05, 4.69) is 15.9 Å². The summed E-state index contributed by atoms with van der Waals surface area (Å²) in [6.45, 7) is 2.11. The Hall–Kier alpha value is -0.630. The van der Waals surface area contributed by atoms with Crippen LogP contribution in [0.15, 0.2) is 27.6 Å². The molecule has 108 valence electrons. The van der Waals surface area contributed by atoms with E-state index in [1.165, 1.54) is 31.6 Å². The molecule has 0 N–H and O–H groups in total. The van der Waals surface area contributed by atoms with Crippen LogP contribution < -0.4 is 4.74 Å². The highest BCUT2D eigenvalue weighted by Crippen LogP contribution is 2.29. The molecule has 0 spiro atoms. The zero-order chi connectivity index (χ0) is 14.6. The van der Waals surface area contributed by atoms with Gasteiger partial charge in [0.25, 0.3) is 0 Å². The van der Waals surface area contributed by atoms with Crippen LogP contribution in [0.25, 0.3) is 0 Å². The third kappa shape index (κ3) is 3.68. The third-order valence-electron chi connectivity index (χ3n) is 2.81. The highest BCUT2D eigenvalue weighted by molar-refractivity contribution is 9.10. The molecule has 0 aromatic heterocycles. The lowest BCUT2D eigenvalue weighted by molar-refractivity contribution is 0.149. The van der Waals surface area contributed by atoms with Crippen molar-refractivity contribution in [1.82, 2.24) is 4.31 Å². The van der Waals surface area contributed by atoms with Crippen molar-refractivity contribution >= 4 is 26.0 Å². The van der Waals surface area contributed by atoms with Gasteiger partial charge >= 0.3 is 0 Å². The van der Waals surface area contributed by atoms with Crippen molar-refractivity contribution in [3.63, 3.8) is 0 Å². The van der Waals surface area contributed by atoms with Crippen LogP contribution in [-0.4, -0.2) is 46.6 Å². The van der Waals surface area contributed by atoms with E-state index < -0.39 is 10.0 Å². The molecule has 0 amide bonds. The minimum absolute atomic E-state index is 0.134. The minimum atomic E-state index is -3.63. The normalized spacial score (nSPS) is 13.6. The second-order valence-electron chi connectivity index (χ2n) is 4.12.